The molecule has 0 aromatic carbocycles. The van der Waals surface area contributed by atoms with Crippen LogP contribution in [0, 0.1) is 13.8 Å². The number of rotatable bonds is 3. The first-order chi connectivity index (χ1) is 9.20. The minimum Gasteiger partial charge on any atom is -0.312 e. The van der Waals surface area contributed by atoms with Gasteiger partial charge in [0, 0.05) is 33.6 Å². The van der Waals surface area contributed by atoms with Gasteiger partial charge in [0.05, 0.1) is 0 Å². The molecule has 2 aromatic rings. The lowest BCUT2D eigenvalue weighted by Crippen LogP contribution is -2.22. The number of hydrogen-bond donors (Lipinski definition) is 1. The third kappa shape index (κ3) is 2.21. The third-order valence-corrected chi connectivity index (χ3v) is 5.44. The predicted octanol–water partition coefficient (Wildman–Crippen LogP) is 3.75. The van der Waals surface area contributed by atoms with Crippen molar-refractivity contribution in [3.8, 4) is 0 Å². The average Bonchev–Trinajstić information content (AvgIpc) is 2.97. The first-order valence-corrected chi connectivity index (χ1v) is 7.70. The molecule has 3 heteroatoms. The molecule has 1 aliphatic rings. The Morgan fingerprint density at radius 3 is 2.95 bits per heavy atom. The Morgan fingerprint density at radius 1 is 1.42 bits per heavy atom. The van der Waals surface area contributed by atoms with E-state index >= 15 is 0 Å². The van der Waals surface area contributed by atoms with E-state index in [-0.39, 0.29) is 0 Å². The number of nitrogens with one attached hydrogen (secondary N) is 1. The molecule has 2 nitrogen and oxygen atoms in total. The molecular weight excluding hydrogens is 252 g/mol. The van der Waals surface area contributed by atoms with Crippen molar-refractivity contribution < 1.29 is 0 Å². The Bertz CT molecular complexity index is 569. The molecule has 2 unspecified atom stereocenters. The van der Waals surface area contributed by atoms with Gasteiger partial charge in [0.2, 0.25) is 0 Å². The van der Waals surface area contributed by atoms with Crippen LogP contribution in [-0.2, 0) is 6.42 Å². The summed E-state index contributed by atoms with van der Waals surface area (Å²) < 4.78 is 0. The highest BCUT2D eigenvalue weighted by molar-refractivity contribution is 7.12. The predicted molar refractivity (Wildman–Crippen MR) is 80.9 cm³/mol. The summed E-state index contributed by atoms with van der Waals surface area (Å²) >= 11 is 1.92. The summed E-state index contributed by atoms with van der Waals surface area (Å²) in [7, 11) is 2.07. The molecule has 19 heavy (non-hydrogen) atoms. The van der Waals surface area contributed by atoms with Crippen LogP contribution in [0.4, 0.5) is 0 Å². The number of aryl methyl sites for hydroxylation is 3. The molecule has 2 atom stereocenters. The van der Waals surface area contributed by atoms with E-state index in [0.717, 1.165) is 6.42 Å². The molecule has 1 aliphatic carbocycles. The highest BCUT2D eigenvalue weighted by atomic mass is 32.1. The van der Waals surface area contributed by atoms with Gasteiger partial charge in [-0.25, -0.2) is 0 Å². The van der Waals surface area contributed by atoms with Crippen molar-refractivity contribution in [1.29, 1.82) is 0 Å². The number of aromatic nitrogens is 1. The van der Waals surface area contributed by atoms with Gasteiger partial charge in [-0.05, 0) is 57.0 Å². The number of fused-ring (bicyclic) bond motifs is 1. The maximum Gasteiger partial charge on any atom is 0.0497 e. The summed E-state index contributed by atoms with van der Waals surface area (Å²) in [5.41, 5.74) is 4.13. The van der Waals surface area contributed by atoms with Gasteiger partial charge in [-0.15, -0.1) is 11.3 Å². The molecule has 1 N–H and O–H groups in total. The zero-order chi connectivity index (χ0) is 13.4. The standard InChI is InChI=1S/C16H20N2S/c1-10-9-14(19-11(10)2)16(17-3)13-7-6-12-5-4-8-18-15(12)13/h4-5,8-9,13,16-17H,6-7H2,1-3H3. The van der Waals surface area contributed by atoms with Crippen molar-refractivity contribution in [2.24, 2.45) is 0 Å². The summed E-state index contributed by atoms with van der Waals surface area (Å²) in [4.78, 5) is 7.50. The van der Waals surface area contributed by atoms with E-state index in [0.29, 0.717) is 12.0 Å². The van der Waals surface area contributed by atoms with Crippen LogP contribution < -0.4 is 5.32 Å². The van der Waals surface area contributed by atoms with Gasteiger partial charge >= 0.3 is 0 Å². The van der Waals surface area contributed by atoms with Crippen LogP contribution in [0.15, 0.2) is 24.4 Å². The second kappa shape index (κ2) is 5.06. The van der Waals surface area contributed by atoms with Crippen LogP contribution in [0.5, 0.6) is 0 Å². The van der Waals surface area contributed by atoms with Gasteiger partial charge < -0.3 is 5.32 Å². The normalized spacial score (nSPS) is 19.4. The quantitative estimate of drug-likeness (QED) is 0.920. The fraction of sp³-hybridized carbons (Fsp3) is 0.438. The van der Waals surface area contributed by atoms with E-state index in [2.05, 4.69) is 49.4 Å². The number of nitrogens with zero attached hydrogens (tertiary/aromatic N) is 1. The molecule has 2 heterocycles. The minimum absolute atomic E-state index is 0.397. The first-order valence-electron chi connectivity index (χ1n) is 6.88. The molecule has 0 fully saturated rings. The number of pyridine rings is 1. The molecule has 0 radical (unpaired) electrons. The molecule has 0 saturated heterocycles. The molecule has 0 aliphatic heterocycles. The second-order valence-corrected chi connectivity index (χ2v) is 6.64. The van der Waals surface area contributed by atoms with Crippen molar-refractivity contribution in [3.63, 3.8) is 0 Å². The van der Waals surface area contributed by atoms with Gasteiger partial charge in [0.25, 0.3) is 0 Å². The summed E-state index contributed by atoms with van der Waals surface area (Å²) in [6.45, 7) is 4.40. The van der Waals surface area contributed by atoms with Gasteiger partial charge in [-0.1, -0.05) is 6.07 Å². The van der Waals surface area contributed by atoms with Gasteiger partial charge in [0.15, 0.2) is 0 Å². The summed E-state index contributed by atoms with van der Waals surface area (Å²) in [6.07, 6.45) is 4.29. The van der Waals surface area contributed by atoms with E-state index in [4.69, 9.17) is 0 Å². The molecule has 0 amide bonds. The third-order valence-electron chi connectivity index (χ3n) is 4.21. The molecule has 0 spiro atoms. The van der Waals surface area contributed by atoms with Crippen molar-refractivity contribution >= 4 is 11.3 Å². The molecular formula is C16H20N2S. The first kappa shape index (κ1) is 12.8. The Morgan fingerprint density at radius 2 is 2.26 bits per heavy atom. The van der Waals surface area contributed by atoms with Gasteiger partial charge in [0.1, 0.15) is 0 Å². The minimum atomic E-state index is 0.397. The van der Waals surface area contributed by atoms with Crippen LogP contribution in [-0.4, -0.2) is 12.0 Å². The van der Waals surface area contributed by atoms with Gasteiger partial charge in [-0.2, -0.15) is 0 Å². The SMILES string of the molecule is CNC(c1cc(C)c(C)s1)C1CCc2cccnc21. The summed E-state index contributed by atoms with van der Waals surface area (Å²) in [6, 6.07) is 7.01. The fourth-order valence-corrected chi connectivity index (χ4v) is 4.28. The maximum atomic E-state index is 4.63. The van der Waals surface area contributed by atoms with Gasteiger partial charge in [-0.3, -0.25) is 4.98 Å². The molecule has 100 valence electrons. The summed E-state index contributed by atoms with van der Waals surface area (Å²) in [5, 5.41) is 3.51. The largest absolute Gasteiger partial charge is 0.312 e. The van der Waals surface area contributed by atoms with Crippen LogP contribution in [0.3, 0.4) is 0 Å². The zero-order valence-electron chi connectivity index (χ0n) is 11.7. The number of thiophene rings is 1. The Hall–Kier alpha value is -1.19. The smallest absolute Gasteiger partial charge is 0.0497 e. The van der Waals surface area contributed by atoms with E-state index in [9.17, 15) is 0 Å². The van der Waals surface area contributed by atoms with Crippen molar-refractivity contribution in [1.82, 2.24) is 10.3 Å². The molecule has 0 saturated carbocycles. The Kier molecular flexibility index (Phi) is 3.42. The molecule has 3 rings (SSSR count). The van der Waals surface area contributed by atoms with E-state index < -0.39 is 0 Å². The van der Waals surface area contributed by atoms with Crippen LogP contribution in [0.1, 0.15) is 45.0 Å². The zero-order valence-corrected chi connectivity index (χ0v) is 12.6. The summed E-state index contributed by atoms with van der Waals surface area (Å²) in [5.74, 6) is 0.513. The Labute approximate surface area is 118 Å². The topological polar surface area (TPSA) is 24.9 Å². The molecule has 2 aromatic heterocycles. The van der Waals surface area contributed by atoms with Crippen molar-refractivity contribution in [2.45, 2.75) is 38.6 Å². The highest BCUT2D eigenvalue weighted by Crippen LogP contribution is 2.42. The fourth-order valence-electron chi connectivity index (χ4n) is 3.07. The van der Waals surface area contributed by atoms with Crippen LogP contribution in [0.25, 0.3) is 0 Å². The second-order valence-electron chi connectivity index (χ2n) is 5.35. The lowest BCUT2D eigenvalue weighted by Gasteiger charge is -2.22. The lowest BCUT2D eigenvalue weighted by molar-refractivity contribution is 0.476. The van der Waals surface area contributed by atoms with Crippen molar-refractivity contribution in [2.75, 3.05) is 7.05 Å². The van der Waals surface area contributed by atoms with E-state index in [1.54, 1.807) is 0 Å². The van der Waals surface area contributed by atoms with Crippen LogP contribution in [0.2, 0.25) is 0 Å². The molecule has 0 bridgehead atoms. The van der Waals surface area contributed by atoms with Crippen LogP contribution >= 0.6 is 11.3 Å². The lowest BCUT2D eigenvalue weighted by atomic mass is 9.95. The van der Waals surface area contributed by atoms with Crippen molar-refractivity contribution in [3.05, 3.63) is 51.0 Å². The van der Waals surface area contributed by atoms with E-state index in [1.165, 1.54) is 33.0 Å². The maximum absolute atomic E-state index is 4.63. The number of hydrogen-bond acceptors (Lipinski definition) is 3. The monoisotopic (exact) mass is 272 g/mol. The average molecular weight is 272 g/mol. The Balaban J connectivity index is 1.96. The van der Waals surface area contributed by atoms with E-state index in [1.807, 2.05) is 17.5 Å². The number of likely N-dealkylation sites (N-methyl/N-ethyl adjacent to an activating group) is 1. The highest BCUT2D eigenvalue weighted by Gasteiger charge is 2.31.